The predicted molar refractivity (Wildman–Crippen MR) is 54.0 cm³/mol. The first-order valence-corrected chi connectivity index (χ1v) is 4.40. The van der Waals surface area contributed by atoms with Crippen LogP contribution in [0, 0.1) is 13.8 Å². The van der Waals surface area contributed by atoms with Crippen LogP contribution in [0.4, 0.5) is 5.69 Å². The zero-order chi connectivity index (χ0) is 10.3. The number of nitrogen functional groups attached to an aromatic ring is 1. The summed E-state index contributed by atoms with van der Waals surface area (Å²) in [7, 11) is 0. The largest absolute Gasteiger partial charge is 0.394 e. The summed E-state index contributed by atoms with van der Waals surface area (Å²) in [6, 6.07) is 0. The van der Waals surface area contributed by atoms with E-state index in [1.54, 1.807) is 0 Å². The van der Waals surface area contributed by atoms with Crippen LogP contribution in [0.5, 0.6) is 0 Å². The number of halogens is 1. The van der Waals surface area contributed by atoms with Gasteiger partial charge in [-0.1, -0.05) is 11.6 Å². The van der Waals surface area contributed by atoms with Crippen molar-refractivity contribution in [2.75, 3.05) is 5.73 Å². The summed E-state index contributed by atoms with van der Waals surface area (Å²) in [5, 5.41) is 7.64. The summed E-state index contributed by atoms with van der Waals surface area (Å²) < 4.78 is 0. The van der Waals surface area contributed by atoms with E-state index in [4.69, 9.17) is 17.3 Å². The molecule has 2 heterocycles. The highest BCUT2D eigenvalue weighted by Crippen LogP contribution is 2.22. The average molecular weight is 210 g/mol. The number of hydrogen-bond donors (Lipinski definition) is 1. The Morgan fingerprint density at radius 1 is 1.07 bits per heavy atom. The Kier molecular flexibility index (Phi) is 1.96. The summed E-state index contributed by atoms with van der Waals surface area (Å²) in [6.07, 6.45) is 0. The van der Waals surface area contributed by atoms with E-state index in [0.717, 1.165) is 11.4 Å². The Morgan fingerprint density at radius 2 is 1.71 bits per heavy atom. The lowest BCUT2D eigenvalue weighted by molar-refractivity contribution is 1.01. The molecular weight excluding hydrogens is 202 g/mol. The number of nitrogens with zero attached hydrogens (tertiary/aromatic N) is 4. The second kappa shape index (κ2) is 3.02. The lowest BCUT2D eigenvalue weighted by Crippen LogP contribution is -2.01. The highest BCUT2D eigenvalue weighted by atomic mass is 35.5. The van der Waals surface area contributed by atoms with Crippen molar-refractivity contribution < 1.29 is 0 Å². The molecular formula is C8H8ClN5. The standard InChI is InChI=1S/C8H8ClN5/c1-3-4(2)12-8-6(11-3)5(10)7(9)13-14-8/h1-2H3,(H2,10,12,14). The van der Waals surface area contributed by atoms with E-state index in [0.29, 0.717) is 16.9 Å². The molecule has 0 saturated carbocycles. The van der Waals surface area contributed by atoms with Gasteiger partial charge < -0.3 is 5.73 Å². The van der Waals surface area contributed by atoms with Gasteiger partial charge in [-0.2, -0.15) is 0 Å². The van der Waals surface area contributed by atoms with Gasteiger partial charge in [-0.3, -0.25) is 0 Å². The zero-order valence-corrected chi connectivity index (χ0v) is 8.50. The van der Waals surface area contributed by atoms with Crippen molar-refractivity contribution in [3.8, 4) is 0 Å². The molecule has 14 heavy (non-hydrogen) atoms. The van der Waals surface area contributed by atoms with Crippen LogP contribution >= 0.6 is 11.6 Å². The van der Waals surface area contributed by atoms with Crippen molar-refractivity contribution in [2.45, 2.75) is 13.8 Å². The Morgan fingerprint density at radius 3 is 2.43 bits per heavy atom. The van der Waals surface area contributed by atoms with Crippen molar-refractivity contribution in [3.05, 3.63) is 16.5 Å². The predicted octanol–water partition coefficient (Wildman–Crippen LogP) is 1.27. The van der Waals surface area contributed by atoms with Gasteiger partial charge in [-0.25, -0.2) is 9.97 Å². The fourth-order valence-corrected chi connectivity index (χ4v) is 1.21. The number of fused-ring (bicyclic) bond motifs is 1. The molecule has 0 aliphatic carbocycles. The molecule has 2 aromatic heterocycles. The lowest BCUT2D eigenvalue weighted by Gasteiger charge is -2.03. The van der Waals surface area contributed by atoms with Gasteiger partial charge in [-0.05, 0) is 13.8 Å². The van der Waals surface area contributed by atoms with Gasteiger partial charge >= 0.3 is 0 Å². The molecule has 2 N–H and O–H groups in total. The molecule has 0 radical (unpaired) electrons. The minimum absolute atomic E-state index is 0.162. The van der Waals surface area contributed by atoms with Crippen LogP contribution in [-0.4, -0.2) is 20.2 Å². The summed E-state index contributed by atoms with van der Waals surface area (Å²) in [6.45, 7) is 3.71. The third-order valence-corrected chi connectivity index (χ3v) is 2.28. The van der Waals surface area contributed by atoms with E-state index in [1.165, 1.54) is 0 Å². The maximum atomic E-state index is 5.71. The third-order valence-electron chi connectivity index (χ3n) is 2.00. The molecule has 0 aliphatic rings. The zero-order valence-electron chi connectivity index (χ0n) is 7.74. The van der Waals surface area contributed by atoms with Crippen LogP contribution in [0.25, 0.3) is 11.2 Å². The van der Waals surface area contributed by atoms with Gasteiger partial charge in [0.2, 0.25) is 5.65 Å². The van der Waals surface area contributed by atoms with Crippen molar-refractivity contribution in [2.24, 2.45) is 0 Å². The van der Waals surface area contributed by atoms with E-state index >= 15 is 0 Å². The monoisotopic (exact) mass is 209 g/mol. The van der Waals surface area contributed by atoms with Crippen LogP contribution in [0.1, 0.15) is 11.4 Å². The Balaban J connectivity index is 2.89. The average Bonchev–Trinajstić information content (AvgIpc) is 2.15. The van der Waals surface area contributed by atoms with Crippen molar-refractivity contribution in [1.29, 1.82) is 0 Å². The first-order valence-electron chi connectivity index (χ1n) is 4.02. The van der Waals surface area contributed by atoms with Crippen LogP contribution in [0.3, 0.4) is 0 Å². The molecule has 6 heteroatoms. The van der Waals surface area contributed by atoms with Crippen LogP contribution < -0.4 is 5.73 Å². The van der Waals surface area contributed by atoms with E-state index in [9.17, 15) is 0 Å². The van der Waals surface area contributed by atoms with Crippen LogP contribution in [0.2, 0.25) is 5.15 Å². The minimum Gasteiger partial charge on any atom is -0.394 e. The summed E-state index contributed by atoms with van der Waals surface area (Å²) in [5.41, 5.74) is 8.59. The third kappa shape index (κ3) is 1.26. The van der Waals surface area contributed by atoms with Crippen LogP contribution in [0.15, 0.2) is 0 Å². The molecule has 2 rings (SSSR count). The van der Waals surface area contributed by atoms with Crippen molar-refractivity contribution in [1.82, 2.24) is 20.2 Å². The number of hydrogen-bond acceptors (Lipinski definition) is 5. The number of aromatic nitrogens is 4. The minimum atomic E-state index is 0.162. The maximum Gasteiger partial charge on any atom is 0.202 e. The summed E-state index contributed by atoms with van der Waals surface area (Å²) in [4.78, 5) is 8.46. The van der Waals surface area contributed by atoms with E-state index in [1.807, 2.05) is 13.8 Å². The van der Waals surface area contributed by atoms with Crippen LogP contribution in [-0.2, 0) is 0 Å². The van der Waals surface area contributed by atoms with Gasteiger partial charge in [0.05, 0.1) is 11.4 Å². The van der Waals surface area contributed by atoms with E-state index < -0.39 is 0 Å². The smallest absolute Gasteiger partial charge is 0.202 e. The highest BCUT2D eigenvalue weighted by Gasteiger charge is 2.09. The molecule has 0 spiro atoms. The number of nitrogens with two attached hydrogens (primary N) is 1. The summed E-state index contributed by atoms with van der Waals surface area (Å²) >= 11 is 5.71. The first kappa shape index (κ1) is 9.08. The van der Waals surface area contributed by atoms with Gasteiger partial charge in [0, 0.05) is 0 Å². The maximum absolute atomic E-state index is 5.71. The van der Waals surface area contributed by atoms with Gasteiger partial charge in [0.15, 0.2) is 5.15 Å². The Hall–Kier alpha value is -1.49. The molecule has 5 nitrogen and oxygen atoms in total. The van der Waals surface area contributed by atoms with E-state index in [-0.39, 0.29) is 5.15 Å². The second-order valence-corrected chi connectivity index (χ2v) is 3.33. The summed E-state index contributed by atoms with van der Waals surface area (Å²) in [5.74, 6) is 0. The molecule has 0 aliphatic heterocycles. The van der Waals surface area contributed by atoms with Gasteiger partial charge in [0.1, 0.15) is 11.2 Å². The fraction of sp³-hybridized carbons (Fsp3) is 0.250. The SMILES string of the molecule is Cc1nc2nnc(Cl)c(N)c2nc1C. The van der Waals surface area contributed by atoms with E-state index in [2.05, 4.69) is 20.2 Å². The van der Waals surface area contributed by atoms with Gasteiger partial charge in [0.25, 0.3) is 0 Å². The molecule has 0 unspecified atom stereocenters. The Labute approximate surface area is 85.3 Å². The highest BCUT2D eigenvalue weighted by molar-refractivity contribution is 6.32. The number of rotatable bonds is 0. The normalized spacial score (nSPS) is 10.8. The molecule has 72 valence electrons. The molecule has 0 fully saturated rings. The molecule has 0 saturated heterocycles. The topological polar surface area (TPSA) is 77.6 Å². The molecule has 0 bridgehead atoms. The molecule has 2 aromatic rings. The lowest BCUT2D eigenvalue weighted by atomic mass is 10.3. The Bertz CT molecular complexity index is 511. The molecule has 0 aromatic carbocycles. The molecule has 0 amide bonds. The number of aryl methyl sites for hydroxylation is 2. The number of anilines is 1. The van der Waals surface area contributed by atoms with Crippen molar-refractivity contribution in [3.63, 3.8) is 0 Å². The first-order chi connectivity index (χ1) is 6.59. The van der Waals surface area contributed by atoms with Crippen molar-refractivity contribution >= 4 is 28.5 Å². The quantitative estimate of drug-likeness (QED) is 0.707. The second-order valence-electron chi connectivity index (χ2n) is 2.97. The molecule has 0 atom stereocenters. The van der Waals surface area contributed by atoms with Gasteiger partial charge in [-0.15, -0.1) is 10.2 Å². The fourth-order valence-electron chi connectivity index (χ4n) is 1.08.